The van der Waals surface area contributed by atoms with Gasteiger partial charge in [0.25, 0.3) is 0 Å². The Kier molecular flexibility index (Phi) is 5.33. The molecule has 0 aromatic carbocycles. The molecule has 19 heavy (non-hydrogen) atoms. The third-order valence-electron chi connectivity index (χ3n) is 3.40. The highest BCUT2D eigenvalue weighted by Crippen LogP contribution is 2.25. The summed E-state index contributed by atoms with van der Waals surface area (Å²) in [5, 5.41) is 12.3. The summed E-state index contributed by atoms with van der Waals surface area (Å²) in [6.45, 7) is 1.90. The molecule has 108 valence electrons. The molecule has 0 aromatic heterocycles. The van der Waals surface area contributed by atoms with Crippen LogP contribution in [0.2, 0.25) is 0 Å². The lowest BCUT2D eigenvalue weighted by molar-refractivity contribution is -0.139. The number of aliphatic carboxylic acids is 1. The van der Waals surface area contributed by atoms with Crippen LogP contribution in [0.5, 0.6) is 0 Å². The molecule has 0 spiro atoms. The van der Waals surface area contributed by atoms with E-state index < -0.39 is 5.97 Å². The molecule has 2 N–H and O–H groups in total. The van der Waals surface area contributed by atoms with Crippen molar-refractivity contribution in [3.8, 4) is 0 Å². The van der Waals surface area contributed by atoms with E-state index in [1.807, 2.05) is 11.8 Å². The van der Waals surface area contributed by atoms with Crippen LogP contribution in [0.25, 0.3) is 0 Å². The number of carbonyl (C=O) groups excluding carboxylic acids is 1. The molecule has 7 heteroatoms. The van der Waals surface area contributed by atoms with Gasteiger partial charge in [0.15, 0.2) is 0 Å². The van der Waals surface area contributed by atoms with Crippen molar-refractivity contribution < 1.29 is 19.4 Å². The van der Waals surface area contributed by atoms with Gasteiger partial charge in [-0.25, -0.2) is 4.79 Å². The summed E-state index contributed by atoms with van der Waals surface area (Å²) in [6.07, 6.45) is 2.29. The number of morpholine rings is 1. The Balaban J connectivity index is 1.82. The lowest BCUT2D eigenvalue weighted by atomic mass is 10.1. The number of carboxylic acids is 1. The molecule has 2 aliphatic heterocycles. The number of rotatable bonds is 4. The topological polar surface area (TPSA) is 78.9 Å². The molecule has 0 saturated carbocycles. The molecule has 6 nitrogen and oxygen atoms in total. The van der Waals surface area contributed by atoms with E-state index in [0.29, 0.717) is 31.6 Å². The summed E-state index contributed by atoms with van der Waals surface area (Å²) >= 11 is 1.89. The molecule has 2 unspecified atom stereocenters. The first-order valence-electron chi connectivity index (χ1n) is 6.62. The van der Waals surface area contributed by atoms with Crippen molar-refractivity contribution >= 4 is 23.8 Å². The van der Waals surface area contributed by atoms with Crippen LogP contribution < -0.4 is 5.32 Å². The number of thioether (sulfide) groups is 1. The molecule has 0 radical (unpaired) electrons. The van der Waals surface area contributed by atoms with Crippen LogP contribution >= 0.6 is 11.8 Å². The first-order valence-corrected chi connectivity index (χ1v) is 7.67. The second kappa shape index (κ2) is 7.00. The minimum absolute atomic E-state index is 0.0639. The van der Waals surface area contributed by atoms with Gasteiger partial charge in [0.05, 0.1) is 25.7 Å². The smallest absolute Gasteiger partial charge is 0.317 e. The number of carbonyl (C=O) groups is 2. The Morgan fingerprint density at radius 3 is 3.00 bits per heavy atom. The Bertz CT molecular complexity index is 334. The van der Waals surface area contributed by atoms with Crippen molar-refractivity contribution in [3.05, 3.63) is 0 Å². The second-order valence-corrected chi connectivity index (χ2v) is 6.25. The number of carboxylic acid groups (broad SMARTS) is 1. The summed E-state index contributed by atoms with van der Waals surface area (Å²) in [7, 11) is 0. The predicted octanol–water partition coefficient (Wildman–Crippen LogP) is 0.767. The largest absolute Gasteiger partial charge is 0.481 e. The number of nitrogens with one attached hydrogen (secondary N) is 1. The molecule has 2 rings (SSSR count). The molecule has 2 saturated heterocycles. The van der Waals surface area contributed by atoms with Crippen LogP contribution in [-0.2, 0) is 9.53 Å². The maximum absolute atomic E-state index is 12.1. The standard InChI is InChI=1S/C12H20N2O4S/c15-11(16)6-9-8-18-4-3-14(9)12(17)13-7-10-2-1-5-19-10/h9-10H,1-8H2,(H,13,17)(H,15,16). The van der Waals surface area contributed by atoms with Crippen molar-refractivity contribution in [1.29, 1.82) is 0 Å². The van der Waals surface area contributed by atoms with Crippen molar-refractivity contribution in [3.63, 3.8) is 0 Å². The van der Waals surface area contributed by atoms with Gasteiger partial charge in [-0.15, -0.1) is 0 Å². The molecular formula is C12H20N2O4S. The third-order valence-corrected chi connectivity index (χ3v) is 4.80. The van der Waals surface area contributed by atoms with Crippen LogP contribution in [0.3, 0.4) is 0 Å². The second-order valence-electron chi connectivity index (χ2n) is 4.84. The van der Waals surface area contributed by atoms with Gasteiger partial charge in [-0.3, -0.25) is 4.79 Å². The average Bonchev–Trinajstić information content (AvgIpc) is 2.89. The van der Waals surface area contributed by atoms with Gasteiger partial charge in [-0.2, -0.15) is 11.8 Å². The van der Waals surface area contributed by atoms with E-state index in [4.69, 9.17) is 9.84 Å². The predicted molar refractivity (Wildman–Crippen MR) is 72.4 cm³/mol. The van der Waals surface area contributed by atoms with Gasteiger partial charge in [0, 0.05) is 18.3 Å². The highest BCUT2D eigenvalue weighted by atomic mass is 32.2. The molecule has 2 atom stereocenters. The lowest BCUT2D eigenvalue weighted by Gasteiger charge is -2.35. The molecule has 2 amide bonds. The van der Waals surface area contributed by atoms with Crippen LogP contribution in [0, 0.1) is 0 Å². The highest BCUT2D eigenvalue weighted by molar-refractivity contribution is 8.00. The van der Waals surface area contributed by atoms with Crippen molar-refractivity contribution in [1.82, 2.24) is 10.2 Å². The van der Waals surface area contributed by atoms with E-state index in [9.17, 15) is 9.59 Å². The van der Waals surface area contributed by atoms with E-state index in [1.165, 1.54) is 12.2 Å². The van der Waals surface area contributed by atoms with Gasteiger partial charge < -0.3 is 20.1 Å². The number of ether oxygens (including phenoxy) is 1. The zero-order valence-corrected chi connectivity index (χ0v) is 11.7. The molecular weight excluding hydrogens is 268 g/mol. The van der Waals surface area contributed by atoms with Crippen LogP contribution in [0.4, 0.5) is 4.79 Å². The van der Waals surface area contributed by atoms with E-state index in [0.717, 1.165) is 6.42 Å². The summed E-state index contributed by atoms with van der Waals surface area (Å²) in [6, 6.07) is -0.524. The monoisotopic (exact) mass is 288 g/mol. The van der Waals surface area contributed by atoms with Crippen LogP contribution in [-0.4, -0.2) is 65.4 Å². The van der Waals surface area contributed by atoms with Gasteiger partial charge in [-0.05, 0) is 18.6 Å². The average molecular weight is 288 g/mol. The normalized spacial score (nSPS) is 27.3. The molecule has 0 aliphatic carbocycles. The van der Waals surface area contributed by atoms with Crippen molar-refractivity contribution in [2.45, 2.75) is 30.6 Å². The summed E-state index contributed by atoms with van der Waals surface area (Å²) in [5.74, 6) is 0.263. The highest BCUT2D eigenvalue weighted by Gasteiger charge is 2.29. The van der Waals surface area contributed by atoms with Gasteiger partial charge in [-0.1, -0.05) is 0 Å². The maximum atomic E-state index is 12.1. The number of amides is 2. The Hall–Kier alpha value is -0.950. The Morgan fingerprint density at radius 2 is 2.32 bits per heavy atom. The maximum Gasteiger partial charge on any atom is 0.317 e. The summed E-state index contributed by atoms with van der Waals surface area (Å²) < 4.78 is 5.25. The van der Waals surface area contributed by atoms with E-state index in [2.05, 4.69) is 5.32 Å². The minimum Gasteiger partial charge on any atom is -0.481 e. The fraction of sp³-hybridized carbons (Fsp3) is 0.833. The lowest BCUT2D eigenvalue weighted by Crippen LogP contribution is -2.53. The Morgan fingerprint density at radius 1 is 1.47 bits per heavy atom. The fourth-order valence-electron chi connectivity index (χ4n) is 2.40. The van der Waals surface area contributed by atoms with Gasteiger partial charge in [0.1, 0.15) is 0 Å². The SMILES string of the molecule is O=C(O)CC1COCCN1C(=O)NCC1CCCS1. The summed E-state index contributed by atoms with van der Waals surface area (Å²) in [4.78, 5) is 24.5. The van der Waals surface area contributed by atoms with Gasteiger partial charge >= 0.3 is 12.0 Å². The first-order chi connectivity index (χ1) is 9.16. The number of hydrogen-bond donors (Lipinski definition) is 2. The zero-order chi connectivity index (χ0) is 13.7. The molecule has 2 fully saturated rings. The zero-order valence-electron chi connectivity index (χ0n) is 10.8. The van der Waals surface area contributed by atoms with E-state index >= 15 is 0 Å². The molecule has 2 aliphatic rings. The van der Waals surface area contributed by atoms with E-state index in [-0.39, 0.29) is 18.5 Å². The number of hydrogen-bond acceptors (Lipinski definition) is 4. The van der Waals surface area contributed by atoms with Crippen LogP contribution in [0.15, 0.2) is 0 Å². The number of nitrogens with zero attached hydrogens (tertiary/aromatic N) is 1. The third kappa shape index (κ3) is 4.28. The van der Waals surface area contributed by atoms with Crippen molar-refractivity contribution in [2.75, 3.05) is 32.1 Å². The number of urea groups is 1. The molecule has 0 bridgehead atoms. The molecule has 0 aromatic rings. The molecule has 2 heterocycles. The minimum atomic E-state index is -0.903. The van der Waals surface area contributed by atoms with E-state index in [1.54, 1.807) is 4.90 Å². The van der Waals surface area contributed by atoms with Crippen molar-refractivity contribution in [2.24, 2.45) is 0 Å². The first kappa shape index (κ1) is 14.5. The quantitative estimate of drug-likeness (QED) is 0.799. The van der Waals surface area contributed by atoms with Gasteiger partial charge in [0.2, 0.25) is 0 Å². The van der Waals surface area contributed by atoms with Crippen LogP contribution in [0.1, 0.15) is 19.3 Å². The Labute approximate surface area is 116 Å². The fourth-order valence-corrected chi connectivity index (χ4v) is 3.60. The summed E-state index contributed by atoms with van der Waals surface area (Å²) in [5.41, 5.74) is 0.